The van der Waals surface area contributed by atoms with Crippen molar-refractivity contribution in [3.8, 4) is 28.3 Å². The summed E-state index contributed by atoms with van der Waals surface area (Å²) in [5.41, 5.74) is 12.6. The molecule has 0 atom stereocenters. The number of thiazole rings is 1. The number of aromatic nitrogens is 2. The number of methoxy groups -OCH3 is 1. The van der Waals surface area contributed by atoms with Gasteiger partial charge < -0.3 is 10.5 Å². The second-order valence-corrected chi connectivity index (χ2v) is 6.78. The first kappa shape index (κ1) is 15.9. The molecule has 0 radical (unpaired) electrons. The van der Waals surface area contributed by atoms with Crippen molar-refractivity contribution in [3.05, 3.63) is 65.2 Å². The van der Waals surface area contributed by atoms with Gasteiger partial charge in [0.05, 0.1) is 24.2 Å². The molecule has 2 heterocycles. The zero-order chi connectivity index (χ0) is 17.4. The Bertz CT molecular complexity index is 1030. The lowest BCUT2D eigenvalue weighted by Crippen LogP contribution is -2.03. The molecule has 5 heteroatoms. The Hall–Kier alpha value is -2.63. The third-order valence-electron chi connectivity index (χ3n) is 4.34. The fourth-order valence-corrected chi connectivity index (χ4v) is 3.95. The molecule has 0 aliphatic rings. The van der Waals surface area contributed by atoms with Crippen LogP contribution in [0.2, 0.25) is 0 Å². The van der Waals surface area contributed by atoms with E-state index < -0.39 is 0 Å². The molecule has 4 rings (SSSR count). The first-order valence-electron chi connectivity index (χ1n) is 8.11. The van der Waals surface area contributed by atoms with E-state index in [0.29, 0.717) is 6.54 Å². The fraction of sp³-hybridized carbons (Fsp3) is 0.150. The van der Waals surface area contributed by atoms with Crippen molar-refractivity contribution in [1.82, 2.24) is 9.38 Å². The van der Waals surface area contributed by atoms with Gasteiger partial charge in [-0.3, -0.25) is 4.40 Å². The Morgan fingerprint density at radius 3 is 2.64 bits per heavy atom. The summed E-state index contributed by atoms with van der Waals surface area (Å²) in [5, 5.41) is 2.12. The number of nitrogens with two attached hydrogens (primary N) is 1. The number of hydrogen-bond acceptors (Lipinski definition) is 4. The number of ether oxygens (including phenoxy) is 1. The number of imidazole rings is 1. The topological polar surface area (TPSA) is 52.5 Å². The molecular weight excluding hydrogens is 330 g/mol. The predicted octanol–water partition coefficient (Wildman–Crippen LogP) is 4.51. The molecule has 126 valence electrons. The second-order valence-electron chi connectivity index (χ2n) is 5.95. The summed E-state index contributed by atoms with van der Waals surface area (Å²) < 4.78 is 7.52. The van der Waals surface area contributed by atoms with Gasteiger partial charge >= 0.3 is 0 Å². The van der Waals surface area contributed by atoms with Crippen LogP contribution in [0, 0.1) is 6.92 Å². The molecule has 2 aromatic carbocycles. The Balaban J connectivity index is 1.92. The maximum absolute atomic E-state index is 6.11. The van der Waals surface area contributed by atoms with E-state index in [4.69, 9.17) is 15.5 Å². The SMILES string of the molecule is COc1cccc(-c2csc3nc(-c4ccc(C)cc4)c(CN)n23)c1. The van der Waals surface area contributed by atoms with E-state index in [-0.39, 0.29) is 0 Å². The molecule has 4 aromatic rings. The van der Waals surface area contributed by atoms with Gasteiger partial charge in [0.25, 0.3) is 0 Å². The van der Waals surface area contributed by atoms with Crippen LogP contribution >= 0.6 is 11.3 Å². The minimum Gasteiger partial charge on any atom is -0.497 e. The number of fused-ring (bicyclic) bond motifs is 1. The molecule has 0 spiro atoms. The highest BCUT2D eigenvalue weighted by atomic mass is 32.1. The van der Waals surface area contributed by atoms with E-state index in [2.05, 4.69) is 47.0 Å². The van der Waals surface area contributed by atoms with Crippen LogP contribution in [-0.4, -0.2) is 16.5 Å². The first-order valence-corrected chi connectivity index (χ1v) is 8.99. The van der Waals surface area contributed by atoms with Crippen molar-refractivity contribution in [1.29, 1.82) is 0 Å². The van der Waals surface area contributed by atoms with Crippen LogP contribution in [-0.2, 0) is 6.54 Å². The summed E-state index contributed by atoms with van der Waals surface area (Å²) in [6, 6.07) is 16.5. The van der Waals surface area contributed by atoms with Crippen molar-refractivity contribution in [2.24, 2.45) is 5.73 Å². The molecule has 0 saturated carbocycles. The van der Waals surface area contributed by atoms with Gasteiger partial charge in [0.15, 0.2) is 4.96 Å². The van der Waals surface area contributed by atoms with Gasteiger partial charge in [-0.15, -0.1) is 11.3 Å². The molecule has 0 aliphatic carbocycles. The van der Waals surface area contributed by atoms with E-state index in [1.54, 1.807) is 18.4 Å². The van der Waals surface area contributed by atoms with Crippen molar-refractivity contribution in [3.63, 3.8) is 0 Å². The molecule has 2 N–H and O–H groups in total. The highest BCUT2D eigenvalue weighted by Gasteiger charge is 2.18. The molecule has 0 amide bonds. The minimum absolute atomic E-state index is 0.429. The Kier molecular flexibility index (Phi) is 4.03. The lowest BCUT2D eigenvalue weighted by molar-refractivity contribution is 0.415. The van der Waals surface area contributed by atoms with Crippen LogP contribution in [0.15, 0.2) is 53.9 Å². The van der Waals surface area contributed by atoms with Crippen LogP contribution in [0.5, 0.6) is 5.75 Å². The molecule has 0 unspecified atom stereocenters. The third-order valence-corrected chi connectivity index (χ3v) is 5.17. The van der Waals surface area contributed by atoms with E-state index in [0.717, 1.165) is 38.9 Å². The number of aryl methyl sites for hydroxylation is 1. The van der Waals surface area contributed by atoms with Gasteiger partial charge in [-0.1, -0.05) is 42.0 Å². The second kappa shape index (κ2) is 6.35. The summed E-state index contributed by atoms with van der Waals surface area (Å²) in [6.07, 6.45) is 0. The maximum atomic E-state index is 6.11. The monoisotopic (exact) mass is 349 g/mol. The average Bonchev–Trinajstić information content (AvgIpc) is 3.21. The number of rotatable bonds is 4. The maximum Gasteiger partial charge on any atom is 0.195 e. The van der Waals surface area contributed by atoms with Gasteiger partial charge in [-0.25, -0.2) is 4.98 Å². The molecule has 0 bridgehead atoms. The van der Waals surface area contributed by atoms with Gasteiger partial charge in [0.2, 0.25) is 0 Å². The highest BCUT2D eigenvalue weighted by molar-refractivity contribution is 7.15. The molecule has 0 fully saturated rings. The van der Waals surface area contributed by atoms with Crippen molar-refractivity contribution in [2.75, 3.05) is 7.11 Å². The average molecular weight is 349 g/mol. The van der Waals surface area contributed by atoms with E-state index in [9.17, 15) is 0 Å². The molecule has 4 nitrogen and oxygen atoms in total. The molecule has 2 aromatic heterocycles. The lowest BCUT2D eigenvalue weighted by Gasteiger charge is -2.07. The summed E-state index contributed by atoms with van der Waals surface area (Å²) in [6.45, 7) is 2.51. The van der Waals surface area contributed by atoms with Gasteiger partial charge in [0.1, 0.15) is 5.75 Å². The molecule has 25 heavy (non-hydrogen) atoms. The van der Waals surface area contributed by atoms with Gasteiger partial charge in [-0.05, 0) is 19.1 Å². The van der Waals surface area contributed by atoms with Gasteiger partial charge in [-0.2, -0.15) is 0 Å². The zero-order valence-corrected chi connectivity index (χ0v) is 15.0. The smallest absolute Gasteiger partial charge is 0.195 e. The largest absolute Gasteiger partial charge is 0.497 e. The first-order chi connectivity index (χ1) is 12.2. The van der Waals surface area contributed by atoms with Crippen LogP contribution in [0.1, 0.15) is 11.3 Å². The quantitative estimate of drug-likeness (QED) is 0.590. The summed E-state index contributed by atoms with van der Waals surface area (Å²) in [7, 11) is 1.68. The van der Waals surface area contributed by atoms with Crippen LogP contribution < -0.4 is 10.5 Å². The number of nitrogens with zero attached hydrogens (tertiary/aromatic N) is 2. The summed E-state index contributed by atoms with van der Waals surface area (Å²) in [4.78, 5) is 5.80. The number of hydrogen-bond donors (Lipinski definition) is 1. The standard InChI is InChI=1S/C20H19N3OS/c1-13-6-8-14(9-7-13)19-17(11-21)23-18(12-25-20(23)22-19)15-4-3-5-16(10-15)24-2/h3-10,12H,11,21H2,1-2H3. The summed E-state index contributed by atoms with van der Waals surface area (Å²) in [5.74, 6) is 0.838. The fourth-order valence-electron chi connectivity index (χ4n) is 3.03. The van der Waals surface area contributed by atoms with Crippen molar-refractivity contribution in [2.45, 2.75) is 13.5 Å². The number of benzene rings is 2. The minimum atomic E-state index is 0.429. The van der Waals surface area contributed by atoms with E-state index >= 15 is 0 Å². The van der Waals surface area contributed by atoms with Crippen LogP contribution in [0.3, 0.4) is 0 Å². The Morgan fingerprint density at radius 1 is 1.12 bits per heavy atom. The van der Waals surface area contributed by atoms with Gasteiger partial charge in [0, 0.05) is 23.1 Å². The van der Waals surface area contributed by atoms with Crippen LogP contribution in [0.25, 0.3) is 27.5 Å². The molecular formula is C20H19N3OS. The van der Waals surface area contributed by atoms with Crippen molar-refractivity contribution < 1.29 is 4.74 Å². The third kappa shape index (κ3) is 2.71. The lowest BCUT2D eigenvalue weighted by atomic mass is 10.1. The van der Waals surface area contributed by atoms with Crippen molar-refractivity contribution >= 4 is 16.3 Å². The Labute approximate surface area is 150 Å². The van der Waals surface area contributed by atoms with E-state index in [1.165, 1.54) is 5.56 Å². The summed E-state index contributed by atoms with van der Waals surface area (Å²) >= 11 is 1.63. The normalized spacial score (nSPS) is 11.2. The molecule has 0 aliphatic heterocycles. The van der Waals surface area contributed by atoms with Crippen LogP contribution in [0.4, 0.5) is 0 Å². The predicted molar refractivity (Wildman–Crippen MR) is 103 cm³/mol. The zero-order valence-electron chi connectivity index (χ0n) is 14.2. The molecule has 0 saturated heterocycles. The van der Waals surface area contributed by atoms with E-state index in [1.807, 2.05) is 18.2 Å². The Morgan fingerprint density at radius 2 is 1.92 bits per heavy atom. The highest BCUT2D eigenvalue weighted by Crippen LogP contribution is 2.33.